The number of sulfone groups is 1. The van der Waals surface area contributed by atoms with Crippen molar-refractivity contribution in [3.05, 3.63) is 29.8 Å². The van der Waals surface area contributed by atoms with Crippen molar-refractivity contribution in [1.82, 2.24) is 5.32 Å². The van der Waals surface area contributed by atoms with Gasteiger partial charge in [0.25, 0.3) is 0 Å². The Morgan fingerprint density at radius 1 is 1.30 bits per heavy atom. The number of aromatic carboxylic acids is 1. The van der Waals surface area contributed by atoms with Gasteiger partial charge in [0.05, 0.1) is 15.7 Å². The standard InChI is InChI=1S/C13H15NO5S/c15-12-8-9(4-3-7-14-12)20(18,19)11-6-2-1-5-10(11)13(16)17/h1-2,5-6,9H,3-4,7-8H2,(H,14,15)(H,16,17). The molecule has 2 N–H and O–H groups in total. The van der Waals surface area contributed by atoms with Gasteiger partial charge in [0.1, 0.15) is 0 Å². The number of benzene rings is 1. The first-order valence-corrected chi connectivity index (χ1v) is 7.80. The van der Waals surface area contributed by atoms with Gasteiger partial charge < -0.3 is 10.4 Å². The fourth-order valence-corrected chi connectivity index (χ4v) is 4.21. The number of carboxylic acids is 1. The summed E-state index contributed by atoms with van der Waals surface area (Å²) in [7, 11) is -3.84. The average molecular weight is 297 g/mol. The summed E-state index contributed by atoms with van der Waals surface area (Å²) < 4.78 is 25.1. The summed E-state index contributed by atoms with van der Waals surface area (Å²) in [4.78, 5) is 22.4. The third kappa shape index (κ3) is 2.82. The minimum atomic E-state index is -3.84. The Hall–Kier alpha value is -1.89. The van der Waals surface area contributed by atoms with E-state index in [-0.39, 0.29) is 22.8 Å². The number of nitrogens with one attached hydrogen (secondary N) is 1. The van der Waals surface area contributed by atoms with Crippen molar-refractivity contribution in [3.8, 4) is 0 Å². The average Bonchev–Trinajstić information content (AvgIpc) is 2.64. The van der Waals surface area contributed by atoms with Gasteiger partial charge in [0.15, 0.2) is 9.84 Å². The highest BCUT2D eigenvalue weighted by Gasteiger charge is 2.33. The summed E-state index contributed by atoms with van der Waals surface area (Å²) in [5.41, 5.74) is -0.253. The maximum Gasteiger partial charge on any atom is 0.337 e. The quantitative estimate of drug-likeness (QED) is 0.860. The number of amides is 1. The molecule has 0 aliphatic carbocycles. The molecule has 1 aliphatic heterocycles. The molecule has 0 bridgehead atoms. The Bertz CT molecular complexity index is 638. The fourth-order valence-electron chi connectivity index (χ4n) is 2.27. The Balaban J connectivity index is 2.44. The molecular formula is C13H15NO5S. The van der Waals surface area contributed by atoms with Crippen molar-refractivity contribution < 1.29 is 23.1 Å². The van der Waals surface area contributed by atoms with E-state index >= 15 is 0 Å². The second kappa shape index (κ2) is 5.62. The summed E-state index contributed by atoms with van der Waals surface area (Å²) in [6.07, 6.45) is 0.774. The van der Waals surface area contributed by atoms with Crippen LogP contribution in [0.4, 0.5) is 0 Å². The largest absolute Gasteiger partial charge is 0.478 e. The zero-order valence-electron chi connectivity index (χ0n) is 10.7. The van der Waals surface area contributed by atoms with E-state index in [1.807, 2.05) is 0 Å². The molecule has 1 heterocycles. The number of carboxylic acid groups (broad SMARTS) is 1. The normalized spacial score (nSPS) is 20.0. The molecule has 6 nitrogen and oxygen atoms in total. The molecule has 0 saturated carbocycles. The van der Waals surface area contributed by atoms with Gasteiger partial charge in [-0.2, -0.15) is 0 Å². The third-order valence-electron chi connectivity index (χ3n) is 3.30. The van der Waals surface area contributed by atoms with Crippen LogP contribution in [0.25, 0.3) is 0 Å². The second-order valence-electron chi connectivity index (χ2n) is 4.66. The molecule has 1 aromatic rings. The van der Waals surface area contributed by atoms with Crippen LogP contribution in [0.2, 0.25) is 0 Å². The first kappa shape index (κ1) is 14.5. The summed E-state index contributed by atoms with van der Waals surface area (Å²) in [6.45, 7) is 0.450. The van der Waals surface area contributed by atoms with E-state index in [1.54, 1.807) is 0 Å². The SMILES string of the molecule is O=C1CC(S(=O)(=O)c2ccccc2C(=O)O)CCCN1. The monoisotopic (exact) mass is 297 g/mol. The Labute approximate surface area is 116 Å². The topological polar surface area (TPSA) is 101 Å². The predicted molar refractivity (Wildman–Crippen MR) is 71.2 cm³/mol. The van der Waals surface area contributed by atoms with Crippen molar-refractivity contribution >= 4 is 21.7 Å². The lowest BCUT2D eigenvalue weighted by molar-refractivity contribution is -0.120. The summed E-state index contributed by atoms with van der Waals surface area (Å²) in [5, 5.41) is 10.8. The van der Waals surface area contributed by atoms with E-state index in [0.717, 1.165) is 0 Å². The van der Waals surface area contributed by atoms with E-state index in [2.05, 4.69) is 5.32 Å². The minimum Gasteiger partial charge on any atom is -0.478 e. The molecule has 7 heteroatoms. The van der Waals surface area contributed by atoms with Gasteiger partial charge in [-0.3, -0.25) is 4.79 Å². The molecule has 108 valence electrons. The maximum atomic E-state index is 12.6. The number of hydrogen-bond acceptors (Lipinski definition) is 4. The predicted octanol–water partition coefficient (Wildman–Crippen LogP) is 0.827. The molecule has 1 amide bonds. The van der Waals surface area contributed by atoms with Crippen molar-refractivity contribution in [1.29, 1.82) is 0 Å². The van der Waals surface area contributed by atoms with Gasteiger partial charge in [-0.15, -0.1) is 0 Å². The van der Waals surface area contributed by atoms with E-state index in [4.69, 9.17) is 5.11 Å². The van der Waals surface area contributed by atoms with Crippen LogP contribution in [0.15, 0.2) is 29.2 Å². The molecule has 0 aromatic heterocycles. The highest BCUT2D eigenvalue weighted by atomic mass is 32.2. The lowest BCUT2D eigenvalue weighted by Crippen LogP contribution is -2.28. The summed E-state index contributed by atoms with van der Waals surface area (Å²) in [5.74, 6) is -1.61. The molecule has 1 unspecified atom stereocenters. The van der Waals surface area contributed by atoms with Crippen molar-refractivity contribution in [2.45, 2.75) is 29.4 Å². The van der Waals surface area contributed by atoms with Gasteiger partial charge in [0, 0.05) is 13.0 Å². The van der Waals surface area contributed by atoms with Gasteiger partial charge in [-0.1, -0.05) is 12.1 Å². The van der Waals surface area contributed by atoms with Crippen LogP contribution in [0.1, 0.15) is 29.6 Å². The Kier molecular flexibility index (Phi) is 4.08. The Morgan fingerprint density at radius 2 is 2.00 bits per heavy atom. The zero-order chi connectivity index (χ0) is 14.8. The lowest BCUT2D eigenvalue weighted by Gasteiger charge is -2.15. The third-order valence-corrected chi connectivity index (χ3v) is 5.55. The van der Waals surface area contributed by atoms with Crippen LogP contribution in [0.5, 0.6) is 0 Å². The Morgan fingerprint density at radius 3 is 2.70 bits per heavy atom. The number of hydrogen-bond donors (Lipinski definition) is 2. The molecule has 1 aliphatic rings. The van der Waals surface area contributed by atoms with E-state index < -0.39 is 21.1 Å². The van der Waals surface area contributed by atoms with E-state index in [1.165, 1.54) is 24.3 Å². The smallest absolute Gasteiger partial charge is 0.337 e. The van der Waals surface area contributed by atoms with Crippen molar-refractivity contribution in [3.63, 3.8) is 0 Å². The second-order valence-corrected chi connectivity index (χ2v) is 6.86. The van der Waals surface area contributed by atoms with E-state index in [0.29, 0.717) is 19.4 Å². The highest BCUT2D eigenvalue weighted by molar-refractivity contribution is 7.92. The van der Waals surface area contributed by atoms with Gasteiger partial charge in [-0.05, 0) is 25.0 Å². The van der Waals surface area contributed by atoms with Gasteiger partial charge in [-0.25, -0.2) is 13.2 Å². The van der Waals surface area contributed by atoms with E-state index in [9.17, 15) is 18.0 Å². The highest BCUT2D eigenvalue weighted by Crippen LogP contribution is 2.26. The van der Waals surface area contributed by atoms with Crippen molar-refractivity contribution in [2.24, 2.45) is 0 Å². The molecule has 1 saturated heterocycles. The first-order chi connectivity index (χ1) is 9.43. The molecule has 1 aromatic carbocycles. The fraction of sp³-hybridized carbons (Fsp3) is 0.385. The number of rotatable bonds is 3. The van der Waals surface area contributed by atoms with Gasteiger partial charge >= 0.3 is 5.97 Å². The molecule has 1 atom stereocenters. The van der Waals surface area contributed by atoms with Gasteiger partial charge in [0.2, 0.25) is 5.91 Å². The van der Waals surface area contributed by atoms with Crippen molar-refractivity contribution in [2.75, 3.05) is 6.54 Å². The molecule has 1 fully saturated rings. The molecule has 2 rings (SSSR count). The van der Waals surface area contributed by atoms with Crippen LogP contribution in [0, 0.1) is 0 Å². The van der Waals surface area contributed by atoms with Crippen LogP contribution < -0.4 is 5.32 Å². The van der Waals surface area contributed by atoms with Crippen LogP contribution >= 0.6 is 0 Å². The number of carbonyl (C=O) groups is 2. The summed E-state index contributed by atoms with van der Waals surface area (Å²) >= 11 is 0. The molecule has 0 radical (unpaired) electrons. The molecule has 0 spiro atoms. The molecular weight excluding hydrogens is 282 g/mol. The lowest BCUT2D eigenvalue weighted by atomic mass is 10.2. The van der Waals surface area contributed by atoms with Crippen LogP contribution in [0.3, 0.4) is 0 Å². The first-order valence-electron chi connectivity index (χ1n) is 6.26. The van der Waals surface area contributed by atoms with Crippen LogP contribution in [-0.4, -0.2) is 37.2 Å². The summed E-state index contributed by atoms with van der Waals surface area (Å²) in [6, 6.07) is 5.49. The van der Waals surface area contributed by atoms with Crippen LogP contribution in [-0.2, 0) is 14.6 Å². The minimum absolute atomic E-state index is 0.129. The molecule has 20 heavy (non-hydrogen) atoms. The zero-order valence-corrected chi connectivity index (χ0v) is 11.5. The maximum absolute atomic E-state index is 12.6. The number of carbonyl (C=O) groups excluding carboxylic acids is 1.